The number of nitrogens with zero attached hydrogens (tertiary/aromatic N) is 1. The van der Waals surface area contributed by atoms with Crippen LogP contribution in [0.5, 0.6) is 5.75 Å². The number of amides is 3. The number of rotatable bonds is 2. The van der Waals surface area contributed by atoms with Crippen LogP contribution in [0.1, 0.15) is 11.1 Å². The molecular formula is C20H14F3N3O3S2. The zero-order valence-corrected chi connectivity index (χ0v) is 17.3. The molecule has 0 bridgehead atoms. The molecule has 2 aromatic rings. The first-order valence-corrected chi connectivity index (χ1v) is 10.2. The second kappa shape index (κ2) is 8.23. The van der Waals surface area contributed by atoms with Crippen LogP contribution in [0.15, 0.2) is 47.4 Å². The lowest BCUT2D eigenvalue weighted by molar-refractivity contribution is -0.137. The van der Waals surface area contributed by atoms with Crippen LogP contribution in [0, 0.1) is 0 Å². The van der Waals surface area contributed by atoms with Crippen LogP contribution >= 0.6 is 24.0 Å². The number of carbonyl (C=O) groups is 2. The largest absolute Gasteiger partial charge is 0.490 e. The first-order valence-electron chi connectivity index (χ1n) is 8.98. The molecule has 2 heterocycles. The van der Waals surface area contributed by atoms with E-state index in [0.29, 0.717) is 26.2 Å². The van der Waals surface area contributed by atoms with Gasteiger partial charge in [-0.1, -0.05) is 36.1 Å². The van der Waals surface area contributed by atoms with Gasteiger partial charge in [0.15, 0.2) is 0 Å². The summed E-state index contributed by atoms with van der Waals surface area (Å²) in [7, 11) is 0. The summed E-state index contributed by atoms with van der Waals surface area (Å²) in [5.74, 6) is 0.148. The molecule has 0 aliphatic carbocycles. The van der Waals surface area contributed by atoms with Crippen molar-refractivity contribution in [3.63, 3.8) is 0 Å². The maximum atomic E-state index is 12.9. The molecule has 1 saturated heterocycles. The summed E-state index contributed by atoms with van der Waals surface area (Å²) >= 11 is 6.11. The van der Waals surface area contributed by atoms with Crippen molar-refractivity contribution in [3.8, 4) is 5.75 Å². The Morgan fingerprint density at radius 2 is 2.06 bits per heavy atom. The highest BCUT2D eigenvalue weighted by Crippen LogP contribution is 2.35. The van der Waals surface area contributed by atoms with E-state index in [0.717, 1.165) is 23.9 Å². The molecule has 2 aliphatic rings. The Hall–Kier alpha value is -3.05. The van der Waals surface area contributed by atoms with Gasteiger partial charge >= 0.3 is 12.2 Å². The number of thiocarbonyl (C=S) groups is 1. The number of benzene rings is 2. The van der Waals surface area contributed by atoms with Crippen molar-refractivity contribution in [1.82, 2.24) is 5.32 Å². The first-order chi connectivity index (χ1) is 14.7. The predicted molar refractivity (Wildman–Crippen MR) is 116 cm³/mol. The third-order valence-corrected chi connectivity index (χ3v) is 5.64. The van der Waals surface area contributed by atoms with Crippen LogP contribution in [-0.4, -0.2) is 29.4 Å². The summed E-state index contributed by atoms with van der Waals surface area (Å²) in [6.07, 6.45) is -2.88. The highest BCUT2D eigenvalue weighted by atomic mass is 32.2. The molecule has 6 nitrogen and oxygen atoms in total. The Morgan fingerprint density at radius 3 is 2.77 bits per heavy atom. The summed E-state index contributed by atoms with van der Waals surface area (Å²) in [6, 6.07) is 8.89. The number of thioether (sulfide) groups is 1. The van der Waals surface area contributed by atoms with Crippen LogP contribution in [-0.2, 0) is 11.0 Å². The number of alkyl halides is 3. The Kier molecular flexibility index (Phi) is 5.63. The lowest BCUT2D eigenvalue weighted by Crippen LogP contribution is -2.40. The van der Waals surface area contributed by atoms with E-state index >= 15 is 0 Å². The molecule has 0 spiro atoms. The minimum absolute atomic E-state index is 0.0266. The minimum Gasteiger partial charge on any atom is -0.490 e. The molecule has 0 atom stereocenters. The van der Waals surface area contributed by atoms with E-state index in [2.05, 4.69) is 10.6 Å². The molecule has 2 aliphatic heterocycles. The molecule has 0 radical (unpaired) electrons. The Morgan fingerprint density at radius 1 is 1.26 bits per heavy atom. The van der Waals surface area contributed by atoms with E-state index in [-0.39, 0.29) is 24.7 Å². The van der Waals surface area contributed by atoms with Gasteiger partial charge in [0.05, 0.1) is 22.7 Å². The van der Waals surface area contributed by atoms with Gasteiger partial charge < -0.3 is 15.4 Å². The molecule has 11 heteroatoms. The minimum atomic E-state index is -4.51. The SMILES string of the molecule is O=C1NC(=S)SC1=Cc1ccc2c(c1)N(C(=O)Nc1cccc(C(F)(F)F)c1)CCO2. The van der Waals surface area contributed by atoms with Gasteiger partial charge in [0.2, 0.25) is 0 Å². The maximum Gasteiger partial charge on any atom is 0.416 e. The summed E-state index contributed by atoms with van der Waals surface area (Å²) < 4.78 is 44.8. The molecule has 4 rings (SSSR count). The molecule has 0 saturated carbocycles. The van der Waals surface area contributed by atoms with Gasteiger partial charge in [0.1, 0.15) is 16.7 Å². The number of nitrogens with one attached hydrogen (secondary N) is 2. The van der Waals surface area contributed by atoms with Crippen LogP contribution in [0.3, 0.4) is 0 Å². The van der Waals surface area contributed by atoms with Gasteiger partial charge in [-0.3, -0.25) is 9.69 Å². The predicted octanol–water partition coefficient (Wildman–Crippen LogP) is 4.63. The topological polar surface area (TPSA) is 70.7 Å². The van der Waals surface area contributed by atoms with Crippen molar-refractivity contribution < 1.29 is 27.5 Å². The van der Waals surface area contributed by atoms with E-state index in [1.807, 2.05) is 0 Å². The number of carbonyl (C=O) groups excluding carboxylic acids is 2. The van der Waals surface area contributed by atoms with Crippen LogP contribution in [0.2, 0.25) is 0 Å². The zero-order chi connectivity index (χ0) is 22.2. The van der Waals surface area contributed by atoms with Crippen molar-refractivity contribution in [1.29, 1.82) is 0 Å². The van der Waals surface area contributed by atoms with Gasteiger partial charge in [-0.25, -0.2) is 4.79 Å². The van der Waals surface area contributed by atoms with Gasteiger partial charge in [0.25, 0.3) is 5.91 Å². The maximum absolute atomic E-state index is 12.9. The van der Waals surface area contributed by atoms with Crippen molar-refractivity contribution in [2.75, 3.05) is 23.4 Å². The van der Waals surface area contributed by atoms with Gasteiger partial charge in [0, 0.05) is 5.69 Å². The van der Waals surface area contributed by atoms with Crippen molar-refractivity contribution in [2.45, 2.75) is 6.18 Å². The average Bonchev–Trinajstić information content (AvgIpc) is 3.03. The number of ether oxygens (including phenoxy) is 1. The number of halogens is 3. The van der Waals surface area contributed by atoms with Crippen LogP contribution in [0.4, 0.5) is 29.3 Å². The molecular weight excluding hydrogens is 451 g/mol. The molecule has 31 heavy (non-hydrogen) atoms. The molecule has 0 aromatic heterocycles. The van der Waals surface area contributed by atoms with Crippen molar-refractivity contribution >= 4 is 57.7 Å². The van der Waals surface area contributed by atoms with Crippen LogP contribution in [0.25, 0.3) is 6.08 Å². The number of fused-ring (bicyclic) bond motifs is 1. The highest BCUT2D eigenvalue weighted by molar-refractivity contribution is 8.26. The summed E-state index contributed by atoms with van der Waals surface area (Å²) in [5, 5.41) is 5.03. The van der Waals surface area contributed by atoms with Gasteiger partial charge in [-0.05, 0) is 42.0 Å². The van der Waals surface area contributed by atoms with E-state index in [4.69, 9.17) is 17.0 Å². The standard InChI is InChI=1S/C20H14F3N3O3S2/c21-20(22,23)12-2-1-3-13(10-12)24-18(28)26-6-7-29-15-5-4-11(8-14(15)26)9-16-17(27)25-19(30)31-16/h1-5,8-10H,6-7H2,(H,24,28)(H,25,27,30). The molecule has 160 valence electrons. The van der Waals surface area contributed by atoms with E-state index < -0.39 is 17.8 Å². The summed E-state index contributed by atoms with van der Waals surface area (Å²) in [4.78, 5) is 26.5. The lowest BCUT2D eigenvalue weighted by atomic mass is 10.1. The fraction of sp³-hybridized carbons (Fsp3) is 0.150. The molecule has 2 N–H and O–H groups in total. The van der Waals surface area contributed by atoms with E-state index in [1.165, 1.54) is 17.0 Å². The Balaban J connectivity index is 1.59. The monoisotopic (exact) mass is 465 g/mol. The summed E-state index contributed by atoms with van der Waals surface area (Å²) in [5.41, 5.74) is 0.255. The number of hydrogen-bond acceptors (Lipinski definition) is 5. The number of hydrogen-bond donors (Lipinski definition) is 2. The number of urea groups is 1. The third-order valence-electron chi connectivity index (χ3n) is 4.47. The normalized spacial score (nSPS) is 17.3. The van der Waals surface area contributed by atoms with Crippen molar-refractivity contribution in [3.05, 3.63) is 58.5 Å². The van der Waals surface area contributed by atoms with E-state index in [9.17, 15) is 22.8 Å². The fourth-order valence-corrected chi connectivity index (χ4v) is 4.12. The number of anilines is 2. The van der Waals surface area contributed by atoms with Crippen molar-refractivity contribution in [2.24, 2.45) is 0 Å². The molecule has 3 amide bonds. The second-order valence-corrected chi connectivity index (χ2v) is 8.31. The molecule has 1 fully saturated rings. The first kappa shape index (κ1) is 21.2. The average molecular weight is 465 g/mol. The van der Waals surface area contributed by atoms with E-state index in [1.54, 1.807) is 24.3 Å². The Labute approximate surface area is 184 Å². The zero-order valence-electron chi connectivity index (χ0n) is 15.7. The molecule has 2 aromatic carbocycles. The Bertz CT molecular complexity index is 1120. The lowest BCUT2D eigenvalue weighted by Gasteiger charge is -2.30. The quantitative estimate of drug-likeness (QED) is 0.500. The third kappa shape index (κ3) is 4.67. The second-order valence-electron chi connectivity index (χ2n) is 6.59. The van der Waals surface area contributed by atoms with Gasteiger partial charge in [-0.2, -0.15) is 13.2 Å². The van der Waals surface area contributed by atoms with Gasteiger partial charge in [-0.15, -0.1) is 0 Å². The highest BCUT2D eigenvalue weighted by Gasteiger charge is 2.31. The fourth-order valence-electron chi connectivity index (χ4n) is 3.07. The summed E-state index contributed by atoms with van der Waals surface area (Å²) in [6.45, 7) is 0.438. The van der Waals surface area contributed by atoms with Crippen LogP contribution < -0.4 is 20.3 Å². The molecule has 0 unspecified atom stereocenters. The smallest absolute Gasteiger partial charge is 0.416 e.